The van der Waals surface area contributed by atoms with Gasteiger partial charge in [0.1, 0.15) is 23.0 Å². The number of para-hydroxylation sites is 2. The average molecular weight is 733 g/mol. The van der Waals surface area contributed by atoms with E-state index in [-0.39, 0.29) is 17.4 Å². The molecule has 0 aliphatic carbocycles. The molecule has 0 saturated carbocycles. The van der Waals surface area contributed by atoms with Gasteiger partial charge in [-0.25, -0.2) is 0 Å². The van der Waals surface area contributed by atoms with Crippen LogP contribution < -0.4 is 9.47 Å². The van der Waals surface area contributed by atoms with Gasteiger partial charge in [0, 0.05) is 39.3 Å². The summed E-state index contributed by atoms with van der Waals surface area (Å²) in [4.78, 5) is 0. The summed E-state index contributed by atoms with van der Waals surface area (Å²) < 4.78 is 13.2. The summed E-state index contributed by atoms with van der Waals surface area (Å²) in [6.45, 7) is 8.86. The van der Waals surface area contributed by atoms with Gasteiger partial charge in [0.05, 0.1) is 13.2 Å². The molecule has 0 atom stereocenters. The fraction of sp³-hybridized carbons (Fsp3) is 0.115. The van der Waals surface area contributed by atoms with E-state index in [4.69, 9.17) is 9.47 Å². The van der Waals surface area contributed by atoms with Crippen LogP contribution in [0.5, 0.6) is 23.0 Å². The average Bonchev–Trinajstić information content (AvgIpc) is 3.22. The summed E-state index contributed by atoms with van der Waals surface area (Å²) >= 11 is 0. The number of fused-ring (bicyclic) bond motifs is 2. The Morgan fingerprint density at radius 3 is 1.29 bits per heavy atom. The zero-order valence-electron chi connectivity index (χ0n) is 31.7. The molecule has 4 heteroatoms. The Labute approximate surface area is 328 Å². The number of phenolic OH excluding ortho intramolecular Hbond substituents is 2. The lowest BCUT2D eigenvalue weighted by Crippen LogP contribution is -2.20. The Morgan fingerprint density at radius 1 is 0.464 bits per heavy atom. The van der Waals surface area contributed by atoms with Gasteiger partial charge in [-0.3, -0.25) is 0 Å². The minimum atomic E-state index is -0.0259. The highest BCUT2D eigenvalue weighted by molar-refractivity contribution is 6.01. The zero-order chi connectivity index (χ0) is 38.6. The van der Waals surface area contributed by atoms with Crippen molar-refractivity contribution in [3.63, 3.8) is 0 Å². The fourth-order valence-corrected chi connectivity index (χ4v) is 7.67. The predicted octanol–water partition coefficient (Wildman–Crippen LogP) is 13.3. The maximum Gasteiger partial charge on any atom is 0.131 e. The van der Waals surface area contributed by atoms with E-state index in [1.54, 1.807) is 0 Å². The second-order valence-corrected chi connectivity index (χ2v) is 14.5. The van der Waals surface area contributed by atoms with Crippen molar-refractivity contribution in [2.45, 2.75) is 20.3 Å². The summed E-state index contributed by atoms with van der Waals surface area (Å²) in [5.41, 5.74) is 8.69. The van der Waals surface area contributed by atoms with Gasteiger partial charge in [-0.15, -0.1) is 6.58 Å². The van der Waals surface area contributed by atoms with Crippen LogP contribution in [0, 0.1) is 19.8 Å². The summed E-state index contributed by atoms with van der Waals surface area (Å²) in [5, 5.41) is 28.1. The third-order valence-corrected chi connectivity index (χ3v) is 10.5. The first-order valence-electron chi connectivity index (χ1n) is 19.1. The van der Waals surface area contributed by atoms with Gasteiger partial charge in [-0.1, -0.05) is 151 Å². The van der Waals surface area contributed by atoms with Crippen LogP contribution in [0.2, 0.25) is 0 Å². The van der Waals surface area contributed by atoms with Crippen molar-refractivity contribution in [1.29, 1.82) is 0 Å². The molecule has 0 spiro atoms. The first kappa shape index (κ1) is 36.2. The molecule has 0 unspecified atom stereocenters. The number of ether oxygens (including phenoxy) is 2. The molecule has 0 radical (unpaired) electrons. The molecule has 0 amide bonds. The lowest BCUT2D eigenvalue weighted by atomic mass is 9.93. The normalized spacial score (nSPS) is 11.3. The van der Waals surface area contributed by atoms with Crippen molar-refractivity contribution < 1.29 is 19.7 Å². The van der Waals surface area contributed by atoms with Crippen LogP contribution in [-0.4, -0.2) is 23.4 Å². The number of rotatable bonds is 12. The molecule has 0 aliphatic rings. The minimum absolute atomic E-state index is 0.0259. The Balaban J connectivity index is 1.06. The number of hydrogen-bond donors (Lipinski definition) is 2. The lowest BCUT2D eigenvalue weighted by Gasteiger charge is -2.21. The quantitative estimate of drug-likeness (QED) is 0.123. The second kappa shape index (κ2) is 15.9. The largest absolute Gasteiger partial charge is 0.507 e. The number of benzene rings is 8. The van der Waals surface area contributed by atoms with Crippen LogP contribution in [0.15, 0.2) is 170 Å². The van der Waals surface area contributed by atoms with Gasteiger partial charge in [-0.05, 0) is 77.2 Å². The highest BCUT2D eigenvalue weighted by Crippen LogP contribution is 2.45. The predicted molar refractivity (Wildman–Crippen MR) is 232 cm³/mol. The Hall–Kier alpha value is -6.78. The maximum atomic E-state index is 11.8. The van der Waals surface area contributed by atoms with E-state index in [1.807, 2.05) is 117 Å². The zero-order valence-corrected chi connectivity index (χ0v) is 31.7. The molecule has 0 bridgehead atoms. The topological polar surface area (TPSA) is 58.9 Å². The Morgan fingerprint density at radius 2 is 0.839 bits per heavy atom. The third-order valence-electron chi connectivity index (χ3n) is 10.5. The van der Waals surface area contributed by atoms with E-state index >= 15 is 0 Å². The van der Waals surface area contributed by atoms with E-state index in [9.17, 15) is 10.2 Å². The van der Waals surface area contributed by atoms with Crippen LogP contribution >= 0.6 is 0 Å². The summed E-state index contributed by atoms with van der Waals surface area (Å²) in [6, 6.07) is 52.7. The van der Waals surface area contributed by atoms with Gasteiger partial charge in [-0.2, -0.15) is 0 Å². The van der Waals surface area contributed by atoms with E-state index in [0.29, 0.717) is 42.3 Å². The van der Waals surface area contributed by atoms with Crippen molar-refractivity contribution >= 4 is 21.5 Å². The van der Waals surface area contributed by atoms with E-state index < -0.39 is 0 Å². The molecular formula is C52H44O4. The number of aryl methyl sites for hydroxylation is 2. The monoisotopic (exact) mass is 732 g/mol. The molecule has 56 heavy (non-hydrogen) atoms. The van der Waals surface area contributed by atoms with Gasteiger partial charge in [0.15, 0.2) is 0 Å². The van der Waals surface area contributed by atoms with Crippen LogP contribution in [0.4, 0.5) is 0 Å². The van der Waals surface area contributed by atoms with E-state index in [2.05, 4.69) is 67.2 Å². The Bertz CT molecular complexity index is 2520. The fourth-order valence-electron chi connectivity index (χ4n) is 7.67. The SMILES string of the molecule is C=CCC(COc1ccc(C)cc1-c1cccc(-c2cccc3ccccc23)c1O)COc1ccc(C)cc1-c1cccc(-c2cccc3ccccc23)c1O. The van der Waals surface area contributed by atoms with Crippen LogP contribution in [0.1, 0.15) is 17.5 Å². The third kappa shape index (κ3) is 7.22. The number of phenols is 2. The summed E-state index contributed by atoms with van der Waals surface area (Å²) in [6.07, 6.45) is 2.56. The van der Waals surface area contributed by atoms with Crippen LogP contribution in [-0.2, 0) is 0 Å². The van der Waals surface area contributed by atoms with Crippen molar-refractivity contribution in [3.05, 3.63) is 182 Å². The molecule has 0 saturated heterocycles. The van der Waals surface area contributed by atoms with Crippen molar-refractivity contribution in [2.24, 2.45) is 5.92 Å². The summed E-state index contributed by atoms with van der Waals surface area (Å²) in [7, 11) is 0. The molecule has 0 aliphatic heterocycles. The molecule has 0 aromatic heterocycles. The molecule has 0 fully saturated rings. The molecule has 4 nitrogen and oxygen atoms in total. The lowest BCUT2D eigenvalue weighted by molar-refractivity contribution is 0.179. The standard InChI is InChI=1S/C52H44O4/c1-4-13-36(32-55-49-28-26-34(2)30-47(49)45-24-11-22-43(51(45)53)41-20-9-16-37-14-5-7-18-39(37)41)33-56-50-29-27-35(3)31-48(50)46-25-12-23-44(52(46)54)42-21-10-17-38-15-6-8-19-40(38)42/h4-12,14-31,36,53-54H,1,13,32-33H2,2-3H3. The van der Waals surface area contributed by atoms with Crippen LogP contribution in [0.3, 0.4) is 0 Å². The summed E-state index contributed by atoms with van der Waals surface area (Å²) in [5.74, 6) is 1.76. The van der Waals surface area contributed by atoms with Gasteiger partial charge in [0.25, 0.3) is 0 Å². The van der Waals surface area contributed by atoms with Gasteiger partial charge in [0.2, 0.25) is 0 Å². The highest BCUT2D eigenvalue weighted by atomic mass is 16.5. The van der Waals surface area contributed by atoms with Crippen molar-refractivity contribution in [1.82, 2.24) is 0 Å². The van der Waals surface area contributed by atoms with Crippen molar-refractivity contribution in [3.8, 4) is 67.5 Å². The van der Waals surface area contributed by atoms with E-state index in [0.717, 1.165) is 66.1 Å². The first-order valence-corrected chi connectivity index (χ1v) is 19.1. The molecule has 2 N–H and O–H groups in total. The maximum absolute atomic E-state index is 11.8. The minimum Gasteiger partial charge on any atom is -0.507 e. The molecule has 0 heterocycles. The van der Waals surface area contributed by atoms with Gasteiger partial charge < -0.3 is 19.7 Å². The first-order chi connectivity index (χ1) is 27.4. The highest BCUT2D eigenvalue weighted by Gasteiger charge is 2.20. The van der Waals surface area contributed by atoms with Gasteiger partial charge >= 0.3 is 0 Å². The van der Waals surface area contributed by atoms with Crippen LogP contribution in [0.25, 0.3) is 66.1 Å². The molecular weight excluding hydrogens is 689 g/mol. The molecule has 8 aromatic carbocycles. The Kier molecular flexibility index (Phi) is 10.3. The number of allylic oxidation sites excluding steroid dienone is 1. The molecule has 276 valence electrons. The second-order valence-electron chi connectivity index (χ2n) is 14.5. The smallest absolute Gasteiger partial charge is 0.131 e. The number of aromatic hydroxyl groups is 2. The molecule has 8 aromatic rings. The molecule has 8 rings (SSSR count). The number of hydrogen-bond acceptors (Lipinski definition) is 4. The van der Waals surface area contributed by atoms with E-state index in [1.165, 1.54) is 0 Å². The van der Waals surface area contributed by atoms with Crippen molar-refractivity contribution in [2.75, 3.05) is 13.2 Å².